The number of nitrogens with one attached hydrogen (secondary N) is 1. The van der Waals surface area contributed by atoms with Crippen molar-refractivity contribution in [1.82, 2.24) is 15.2 Å². The van der Waals surface area contributed by atoms with Crippen LogP contribution in [0.3, 0.4) is 0 Å². The van der Waals surface area contributed by atoms with Crippen molar-refractivity contribution in [3.05, 3.63) is 71.4 Å². The smallest absolute Gasteiger partial charge is 0.273 e. The summed E-state index contributed by atoms with van der Waals surface area (Å²) >= 11 is 0. The number of carbonyl (C=O) groups excluding carboxylic acids is 1. The topological polar surface area (TPSA) is 86.1 Å². The van der Waals surface area contributed by atoms with Crippen LogP contribution in [-0.4, -0.2) is 35.7 Å². The van der Waals surface area contributed by atoms with Crippen LogP contribution in [0.1, 0.15) is 47.3 Å². The van der Waals surface area contributed by atoms with E-state index >= 15 is 0 Å². The number of aromatic nitrogens is 1. The van der Waals surface area contributed by atoms with Gasteiger partial charge >= 0.3 is 0 Å². The minimum atomic E-state index is -0.185. The van der Waals surface area contributed by atoms with Gasteiger partial charge in [0.25, 0.3) is 5.91 Å². The Morgan fingerprint density at radius 3 is 2.62 bits per heavy atom. The van der Waals surface area contributed by atoms with Crippen LogP contribution in [0.5, 0.6) is 17.2 Å². The summed E-state index contributed by atoms with van der Waals surface area (Å²) in [4.78, 5) is 19.0. The molecule has 0 radical (unpaired) electrons. The Morgan fingerprint density at radius 1 is 1.06 bits per heavy atom. The minimum Gasteiger partial charge on any atom is -0.494 e. The summed E-state index contributed by atoms with van der Waals surface area (Å²) < 4.78 is 22.2. The van der Waals surface area contributed by atoms with E-state index in [2.05, 4.69) is 27.3 Å². The highest BCUT2D eigenvalue weighted by molar-refractivity contribution is 5.91. The molecule has 2 aromatic carbocycles. The predicted molar refractivity (Wildman–Crippen MR) is 125 cm³/mol. The van der Waals surface area contributed by atoms with E-state index < -0.39 is 0 Å². The lowest BCUT2D eigenvalue weighted by atomic mass is 10.1. The zero-order valence-corrected chi connectivity index (χ0v) is 19.3. The second-order valence-electron chi connectivity index (χ2n) is 8.69. The highest BCUT2D eigenvalue weighted by atomic mass is 16.7. The lowest BCUT2D eigenvalue weighted by Crippen LogP contribution is -2.26. The molecule has 2 aliphatic rings. The molecule has 1 aliphatic carbocycles. The van der Waals surface area contributed by atoms with E-state index in [9.17, 15) is 4.79 Å². The first-order chi connectivity index (χ1) is 16.7. The SMILES string of the molecule is CCOc1ccc(CN(Cc2ccc3c(c2)OCO3)Cc2nc(C(=O)NCC3CC3)co2)cc1. The Balaban J connectivity index is 1.29. The quantitative estimate of drug-likeness (QED) is 0.457. The summed E-state index contributed by atoms with van der Waals surface area (Å²) in [5, 5.41) is 2.93. The molecule has 0 saturated heterocycles. The number of nitrogens with zero attached hydrogens (tertiary/aromatic N) is 2. The van der Waals surface area contributed by atoms with E-state index in [1.54, 1.807) is 0 Å². The van der Waals surface area contributed by atoms with Crippen molar-refractivity contribution in [3.63, 3.8) is 0 Å². The van der Waals surface area contributed by atoms with Gasteiger partial charge in [-0.05, 0) is 61.1 Å². The molecule has 1 aromatic heterocycles. The van der Waals surface area contributed by atoms with Crippen molar-refractivity contribution in [3.8, 4) is 17.2 Å². The summed E-state index contributed by atoms with van der Waals surface area (Å²) in [5.74, 6) is 3.30. The number of amides is 1. The first-order valence-electron chi connectivity index (χ1n) is 11.7. The number of carbonyl (C=O) groups is 1. The summed E-state index contributed by atoms with van der Waals surface area (Å²) in [6.45, 7) is 5.33. The molecule has 1 saturated carbocycles. The maximum Gasteiger partial charge on any atom is 0.273 e. The van der Waals surface area contributed by atoms with E-state index in [-0.39, 0.29) is 12.7 Å². The van der Waals surface area contributed by atoms with Crippen molar-refractivity contribution in [2.45, 2.75) is 39.4 Å². The summed E-state index contributed by atoms with van der Waals surface area (Å²) in [6, 6.07) is 14.0. The van der Waals surface area contributed by atoms with Gasteiger partial charge < -0.3 is 23.9 Å². The number of fused-ring (bicyclic) bond motifs is 1. The van der Waals surface area contributed by atoms with Crippen molar-refractivity contribution in [2.75, 3.05) is 19.9 Å². The van der Waals surface area contributed by atoms with Gasteiger partial charge in [-0.2, -0.15) is 0 Å². The fraction of sp³-hybridized carbons (Fsp3) is 0.385. The largest absolute Gasteiger partial charge is 0.494 e. The molecule has 0 bridgehead atoms. The van der Waals surface area contributed by atoms with Crippen LogP contribution in [-0.2, 0) is 19.6 Å². The first kappa shape index (κ1) is 22.3. The molecular formula is C26H29N3O5. The molecule has 0 atom stereocenters. The van der Waals surface area contributed by atoms with Crippen molar-refractivity contribution in [2.24, 2.45) is 5.92 Å². The molecule has 8 nitrogen and oxygen atoms in total. The maximum absolute atomic E-state index is 12.4. The average Bonchev–Trinajstić information content (AvgIpc) is 3.35. The van der Waals surface area contributed by atoms with Crippen LogP contribution in [0.25, 0.3) is 0 Å². The average molecular weight is 464 g/mol. The number of hydrogen-bond acceptors (Lipinski definition) is 7. The Kier molecular flexibility index (Phi) is 6.67. The van der Waals surface area contributed by atoms with Gasteiger partial charge in [-0.25, -0.2) is 4.98 Å². The zero-order chi connectivity index (χ0) is 23.3. The van der Waals surface area contributed by atoms with Crippen LogP contribution in [0.2, 0.25) is 0 Å². The molecule has 1 N–H and O–H groups in total. The van der Waals surface area contributed by atoms with E-state index in [0.717, 1.165) is 28.4 Å². The molecule has 1 aliphatic heterocycles. The molecule has 5 rings (SSSR count). The Hall–Kier alpha value is -3.52. The molecule has 2 heterocycles. The monoisotopic (exact) mass is 463 g/mol. The molecule has 1 fully saturated rings. The first-order valence-corrected chi connectivity index (χ1v) is 11.7. The fourth-order valence-electron chi connectivity index (χ4n) is 3.91. The number of benzene rings is 2. The van der Waals surface area contributed by atoms with Gasteiger partial charge in [0.1, 0.15) is 12.0 Å². The Morgan fingerprint density at radius 2 is 1.82 bits per heavy atom. The standard InChI is InChI=1S/C26H29N3O5/c1-2-31-21-8-5-19(6-9-21)13-29(14-20-7-10-23-24(11-20)34-17-33-23)15-25-28-22(16-32-25)26(30)27-12-18-3-4-18/h5-11,16,18H,2-4,12-15,17H2,1H3,(H,27,30). The lowest BCUT2D eigenvalue weighted by Gasteiger charge is -2.21. The molecule has 3 aromatic rings. The van der Waals surface area contributed by atoms with Crippen molar-refractivity contribution in [1.29, 1.82) is 0 Å². The molecule has 8 heteroatoms. The van der Waals surface area contributed by atoms with E-state index in [0.29, 0.717) is 50.3 Å². The number of ether oxygens (including phenoxy) is 3. The van der Waals surface area contributed by atoms with Gasteiger partial charge in [0, 0.05) is 19.6 Å². The third-order valence-electron chi connectivity index (χ3n) is 5.88. The maximum atomic E-state index is 12.4. The van der Waals surface area contributed by atoms with Gasteiger partial charge in [-0.15, -0.1) is 0 Å². The summed E-state index contributed by atoms with van der Waals surface area (Å²) in [6.07, 6.45) is 3.81. The molecule has 0 unspecified atom stereocenters. The fourth-order valence-corrected chi connectivity index (χ4v) is 3.91. The molecule has 178 valence electrons. The lowest BCUT2D eigenvalue weighted by molar-refractivity contribution is 0.0946. The Bertz CT molecular complexity index is 1120. The second-order valence-corrected chi connectivity index (χ2v) is 8.69. The van der Waals surface area contributed by atoms with E-state index in [4.69, 9.17) is 18.6 Å². The number of rotatable bonds is 11. The van der Waals surface area contributed by atoms with Crippen LogP contribution >= 0.6 is 0 Å². The van der Waals surface area contributed by atoms with Crippen LogP contribution in [0.4, 0.5) is 0 Å². The van der Waals surface area contributed by atoms with Crippen LogP contribution in [0.15, 0.2) is 53.1 Å². The summed E-state index contributed by atoms with van der Waals surface area (Å²) in [5.41, 5.74) is 2.54. The van der Waals surface area contributed by atoms with Gasteiger partial charge in [0.15, 0.2) is 17.2 Å². The third kappa shape index (κ3) is 5.69. The number of oxazole rings is 1. The highest BCUT2D eigenvalue weighted by Gasteiger charge is 2.23. The summed E-state index contributed by atoms with van der Waals surface area (Å²) in [7, 11) is 0. The van der Waals surface area contributed by atoms with Gasteiger partial charge in [-0.3, -0.25) is 9.69 Å². The normalized spacial score (nSPS) is 14.4. The van der Waals surface area contributed by atoms with Crippen LogP contribution in [0, 0.1) is 5.92 Å². The third-order valence-corrected chi connectivity index (χ3v) is 5.88. The van der Waals surface area contributed by atoms with Gasteiger partial charge in [-0.1, -0.05) is 18.2 Å². The van der Waals surface area contributed by atoms with E-state index in [1.807, 2.05) is 37.3 Å². The van der Waals surface area contributed by atoms with Crippen molar-refractivity contribution < 1.29 is 23.4 Å². The zero-order valence-electron chi connectivity index (χ0n) is 19.3. The van der Waals surface area contributed by atoms with Crippen LogP contribution < -0.4 is 19.5 Å². The van der Waals surface area contributed by atoms with Gasteiger partial charge in [0.05, 0.1) is 13.2 Å². The highest BCUT2D eigenvalue weighted by Crippen LogP contribution is 2.33. The van der Waals surface area contributed by atoms with E-state index in [1.165, 1.54) is 19.1 Å². The number of hydrogen-bond donors (Lipinski definition) is 1. The molecule has 0 spiro atoms. The van der Waals surface area contributed by atoms with Crippen molar-refractivity contribution >= 4 is 5.91 Å². The molecule has 1 amide bonds. The second kappa shape index (κ2) is 10.2. The molecule has 34 heavy (non-hydrogen) atoms. The van der Waals surface area contributed by atoms with Gasteiger partial charge in [0.2, 0.25) is 12.7 Å². The predicted octanol–water partition coefficient (Wildman–Crippen LogP) is 4.14. The Labute approximate surface area is 198 Å². The minimum absolute atomic E-state index is 0.185. The molecular weight excluding hydrogens is 434 g/mol.